The van der Waals surface area contributed by atoms with E-state index in [1.54, 1.807) is 29.7 Å². The minimum absolute atomic E-state index is 0.0452. The molecule has 0 saturated heterocycles. The molecule has 0 spiro atoms. The van der Waals surface area contributed by atoms with Gasteiger partial charge >= 0.3 is 6.18 Å². The number of guanidine groups is 1. The number of thiazole rings is 1. The molecule has 0 radical (unpaired) electrons. The van der Waals surface area contributed by atoms with E-state index in [9.17, 15) is 13.2 Å². The van der Waals surface area contributed by atoms with Crippen LogP contribution in [0.1, 0.15) is 34.9 Å². The number of aryl methyl sites for hydroxylation is 1. The van der Waals surface area contributed by atoms with Gasteiger partial charge < -0.3 is 10.7 Å². The zero-order valence-corrected chi connectivity index (χ0v) is 21.7. The molecule has 2 aromatic heterocycles. The topological polar surface area (TPSA) is 96.4 Å². The van der Waals surface area contributed by atoms with Crippen LogP contribution in [-0.4, -0.2) is 39.2 Å². The van der Waals surface area contributed by atoms with Crippen molar-refractivity contribution < 1.29 is 13.2 Å². The fourth-order valence-electron chi connectivity index (χ4n) is 3.75. The van der Waals surface area contributed by atoms with E-state index in [-0.39, 0.29) is 19.0 Å². The second-order valence-corrected chi connectivity index (χ2v) is 9.14. The Morgan fingerprint density at radius 3 is 2.73 bits per heavy atom. The summed E-state index contributed by atoms with van der Waals surface area (Å²) in [5.41, 5.74) is 7.04. The molecule has 0 amide bonds. The summed E-state index contributed by atoms with van der Waals surface area (Å²) >= 11 is 1.52. The van der Waals surface area contributed by atoms with Crippen LogP contribution in [0.25, 0.3) is 11.3 Å². The normalized spacial score (nSPS) is 11.7. The highest BCUT2D eigenvalue weighted by Crippen LogP contribution is 2.36. The van der Waals surface area contributed by atoms with Crippen molar-refractivity contribution in [2.24, 2.45) is 10.9 Å². The molecule has 0 aliphatic heterocycles. The second-order valence-electron chi connectivity index (χ2n) is 7.97. The number of nitrogens with two attached hydrogens (primary N) is 1. The summed E-state index contributed by atoms with van der Waals surface area (Å²) < 4.78 is 42.9. The van der Waals surface area contributed by atoms with Crippen molar-refractivity contribution in [3.63, 3.8) is 0 Å². The van der Waals surface area contributed by atoms with Gasteiger partial charge in [-0.1, -0.05) is 25.5 Å². The van der Waals surface area contributed by atoms with Crippen molar-refractivity contribution in [1.29, 1.82) is 0 Å². The number of nitrogens with zero attached hydrogens (tertiary/aromatic N) is 5. The van der Waals surface area contributed by atoms with Crippen molar-refractivity contribution in [1.82, 2.24) is 30.5 Å². The van der Waals surface area contributed by atoms with Crippen LogP contribution < -0.4 is 16.7 Å². The summed E-state index contributed by atoms with van der Waals surface area (Å²) in [4.78, 5) is 7.45. The third kappa shape index (κ3) is 7.12. The van der Waals surface area contributed by atoms with Gasteiger partial charge in [0.1, 0.15) is 5.01 Å². The van der Waals surface area contributed by atoms with E-state index < -0.39 is 11.7 Å². The molecule has 2 heterocycles. The fraction of sp³-hybridized carbons (Fsp3) is 0.320. The number of hydrogen-bond donors (Lipinski definition) is 3. The van der Waals surface area contributed by atoms with Crippen molar-refractivity contribution in [3.05, 3.63) is 69.8 Å². The molecular formula is C25H29F3N8S. The van der Waals surface area contributed by atoms with Crippen LogP contribution in [0.2, 0.25) is 0 Å². The number of hydrogen-bond acceptors (Lipinski definition) is 6. The molecule has 3 aromatic rings. The Morgan fingerprint density at radius 1 is 1.35 bits per heavy atom. The zero-order valence-electron chi connectivity index (χ0n) is 20.9. The maximum atomic E-state index is 13.7. The molecular weight excluding hydrogens is 501 g/mol. The highest BCUT2D eigenvalue weighted by atomic mass is 32.1. The van der Waals surface area contributed by atoms with Crippen LogP contribution in [0, 0.1) is 11.8 Å². The molecule has 0 unspecified atom stereocenters. The monoisotopic (exact) mass is 530 g/mol. The number of benzene rings is 1. The molecule has 0 aliphatic carbocycles. The van der Waals surface area contributed by atoms with Crippen LogP contribution >= 0.6 is 11.3 Å². The third-order valence-corrected chi connectivity index (χ3v) is 6.49. The third-order valence-electron chi connectivity index (χ3n) is 5.31. The smallest absolute Gasteiger partial charge is 0.331 e. The van der Waals surface area contributed by atoms with Gasteiger partial charge in [-0.3, -0.25) is 10.1 Å². The standard InChI is InChI=1S/C25H29F3N8S/c1-5-8-17(3)14-35(24(33-29)34-30-4)15-18-13-19(25(26,27)28)9-10-20(18)23-21(6-2)37-22(32-23)16-36-12-7-11-31-36/h7,9-13,30H,3,6,14-16,29H2,1-2,4H3,(H,33,34). The van der Waals surface area contributed by atoms with Gasteiger partial charge in [0.2, 0.25) is 5.96 Å². The lowest BCUT2D eigenvalue weighted by Crippen LogP contribution is -2.47. The number of aromatic nitrogens is 3. The van der Waals surface area contributed by atoms with E-state index in [2.05, 4.69) is 39.5 Å². The average molecular weight is 531 g/mol. The van der Waals surface area contributed by atoms with E-state index in [4.69, 9.17) is 10.8 Å². The van der Waals surface area contributed by atoms with Crippen LogP contribution in [0.15, 0.2) is 53.9 Å². The number of rotatable bonds is 9. The lowest BCUT2D eigenvalue weighted by Gasteiger charge is -2.27. The number of hydrazone groups is 1. The number of halogens is 3. The van der Waals surface area contributed by atoms with Crippen LogP contribution in [0.3, 0.4) is 0 Å². The summed E-state index contributed by atoms with van der Waals surface area (Å²) in [5.74, 6) is 11.5. The first-order chi connectivity index (χ1) is 17.7. The first-order valence-corrected chi connectivity index (χ1v) is 12.2. The molecule has 3 rings (SSSR count). The highest BCUT2D eigenvalue weighted by Gasteiger charge is 2.32. The molecule has 0 fully saturated rings. The van der Waals surface area contributed by atoms with Crippen molar-refractivity contribution in [2.45, 2.75) is 39.5 Å². The first-order valence-electron chi connectivity index (χ1n) is 11.4. The van der Waals surface area contributed by atoms with Gasteiger partial charge in [-0.2, -0.15) is 18.3 Å². The molecule has 8 nitrogen and oxygen atoms in total. The van der Waals surface area contributed by atoms with Gasteiger partial charge in [-0.25, -0.2) is 10.4 Å². The number of hydrazine groups is 1. The van der Waals surface area contributed by atoms with E-state index in [0.717, 1.165) is 22.0 Å². The van der Waals surface area contributed by atoms with Gasteiger partial charge in [0.05, 0.1) is 24.3 Å². The summed E-state index contributed by atoms with van der Waals surface area (Å²) in [6, 6.07) is 5.54. The van der Waals surface area contributed by atoms with Gasteiger partial charge in [-0.05, 0) is 37.1 Å². The Balaban J connectivity index is 2.11. The molecule has 12 heteroatoms. The van der Waals surface area contributed by atoms with Gasteiger partial charge in [0.25, 0.3) is 0 Å². The zero-order chi connectivity index (χ0) is 27.0. The predicted molar refractivity (Wildman–Crippen MR) is 140 cm³/mol. The maximum Gasteiger partial charge on any atom is 0.416 e. The fourth-order valence-corrected chi connectivity index (χ4v) is 4.76. The molecule has 0 aliphatic rings. The Labute approximate surface area is 218 Å². The molecule has 4 N–H and O–H groups in total. The van der Waals surface area contributed by atoms with E-state index >= 15 is 0 Å². The van der Waals surface area contributed by atoms with Crippen molar-refractivity contribution >= 4 is 17.3 Å². The van der Waals surface area contributed by atoms with Gasteiger partial charge in [-0.15, -0.1) is 22.4 Å². The lowest BCUT2D eigenvalue weighted by atomic mass is 9.99. The second kappa shape index (κ2) is 12.4. The predicted octanol–water partition coefficient (Wildman–Crippen LogP) is 3.97. The Kier molecular flexibility index (Phi) is 9.32. The minimum atomic E-state index is -4.51. The minimum Gasteiger partial charge on any atom is -0.331 e. The van der Waals surface area contributed by atoms with E-state index in [1.807, 2.05) is 19.2 Å². The molecule has 37 heavy (non-hydrogen) atoms. The largest absolute Gasteiger partial charge is 0.416 e. The van der Waals surface area contributed by atoms with E-state index in [0.29, 0.717) is 35.4 Å². The quantitative estimate of drug-likeness (QED) is 0.127. The molecule has 0 bridgehead atoms. The van der Waals surface area contributed by atoms with E-state index in [1.165, 1.54) is 17.4 Å². The molecule has 1 aromatic carbocycles. The van der Waals surface area contributed by atoms with Gasteiger partial charge in [0.15, 0.2) is 0 Å². The molecule has 0 saturated carbocycles. The summed E-state index contributed by atoms with van der Waals surface area (Å²) in [6.07, 6.45) is -0.312. The van der Waals surface area contributed by atoms with Crippen molar-refractivity contribution in [2.75, 3.05) is 13.6 Å². The Hall–Kier alpha value is -3.82. The molecule has 0 atom stereocenters. The first kappa shape index (κ1) is 27.8. The summed E-state index contributed by atoms with van der Waals surface area (Å²) in [7, 11) is 1.63. The van der Waals surface area contributed by atoms with Crippen molar-refractivity contribution in [3.8, 4) is 23.1 Å². The Morgan fingerprint density at radius 2 is 2.14 bits per heavy atom. The maximum absolute atomic E-state index is 13.7. The summed E-state index contributed by atoms with van der Waals surface area (Å²) in [6.45, 7) is 8.34. The average Bonchev–Trinajstić information content (AvgIpc) is 3.51. The highest BCUT2D eigenvalue weighted by molar-refractivity contribution is 7.12. The van der Waals surface area contributed by atoms with Crippen LogP contribution in [-0.2, 0) is 25.7 Å². The summed E-state index contributed by atoms with van der Waals surface area (Å²) in [5, 5.41) is 8.81. The number of alkyl halides is 3. The van der Waals surface area contributed by atoms with Gasteiger partial charge in [0, 0.05) is 42.0 Å². The Bertz CT molecular complexity index is 1300. The number of nitrogens with one attached hydrogen (secondary N) is 2. The van der Waals surface area contributed by atoms with Crippen LogP contribution in [0.4, 0.5) is 13.2 Å². The lowest BCUT2D eigenvalue weighted by molar-refractivity contribution is -0.137. The molecule has 196 valence electrons. The van der Waals surface area contributed by atoms with Crippen LogP contribution in [0.5, 0.6) is 0 Å². The SMILES string of the molecule is C=C(C#CC)CN(Cc1cc(C(F)(F)F)ccc1-c1nc(Cn2cccn2)sc1CC)/C(=N/N)NNC.